The van der Waals surface area contributed by atoms with E-state index in [1.165, 1.54) is 6.07 Å². The molecule has 0 aliphatic heterocycles. The number of benzene rings is 1. The summed E-state index contributed by atoms with van der Waals surface area (Å²) in [5.74, 6) is 0. The molecule has 1 aromatic carbocycles. The lowest BCUT2D eigenvalue weighted by Gasteiger charge is -2.15. The van der Waals surface area contributed by atoms with Crippen molar-refractivity contribution in [2.75, 3.05) is 5.32 Å². The molecule has 2 rings (SSSR count). The smallest absolute Gasteiger partial charge is 0.319 e. The van der Waals surface area contributed by atoms with Crippen LogP contribution in [-0.2, 0) is 0 Å². The van der Waals surface area contributed by atoms with E-state index in [-0.39, 0.29) is 11.7 Å². The number of anilines is 1. The van der Waals surface area contributed by atoms with Crippen LogP contribution in [0.4, 0.5) is 16.2 Å². The lowest BCUT2D eigenvalue weighted by Crippen LogP contribution is -2.31. The van der Waals surface area contributed by atoms with Crippen LogP contribution in [-0.4, -0.2) is 15.9 Å². The van der Waals surface area contributed by atoms with Crippen molar-refractivity contribution in [1.29, 1.82) is 0 Å². The predicted molar refractivity (Wildman–Crippen MR) is 82.6 cm³/mol. The van der Waals surface area contributed by atoms with Crippen LogP contribution in [0.5, 0.6) is 0 Å². The maximum Gasteiger partial charge on any atom is 0.319 e. The minimum Gasteiger partial charge on any atom is -0.331 e. The first-order chi connectivity index (χ1) is 10.5. The largest absolute Gasteiger partial charge is 0.331 e. The Morgan fingerprint density at radius 1 is 1.27 bits per heavy atom. The van der Waals surface area contributed by atoms with Gasteiger partial charge in [0.15, 0.2) is 0 Å². The number of nitrogens with one attached hydrogen (secondary N) is 2. The topological polar surface area (TPSA) is 97.2 Å². The summed E-state index contributed by atoms with van der Waals surface area (Å²) in [6, 6.07) is 7.54. The highest BCUT2D eigenvalue weighted by Crippen LogP contribution is 2.22. The van der Waals surface area contributed by atoms with Gasteiger partial charge in [-0.3, -0.25) is 15.1 Å². The van der Waals surface area contributed by atoms with Crippen molar-refractivity contribution < 1.29 is 9.72 Å². The van der Waals surface area contributed by atoms with E-state index >= 15 is 0 Å². The van der Waals surface area contributed by atoms with Gasteiger partial charge in [-0.25, -0.2) is 4.79 Å². The molecule has 1 aromatic heterocycles. The van der Waals surface area contributed by atoms with Gasteiger partial charge in [-0.1, -0.05) is 6.07 Å². The van der Waals surface area contributed by atoms with Crippen molar-refractivity contribution in [2.24, 2.45) is 0 Å². The third-order valence-corrected chi connectivity index (χ3v) is 3.22. The van der Waals surface area contributed by atoms with E-state index in [0.29, 0.717) is 11.3 Å². The number of hydrogen-bond acceptors (Lipinski definition) is 4. The average Bonchev–Trinajstić information content (AvgIpc) is 2.49. The SMILES string of the molecule is Cc1ccc(NC(=O)NC(C)c2ccncc2)cc1[N+](=O)[O-]. The van der Waals surface area contributed by atoms with Gasteiger partial charge in [-0.2, -0.15) is 0 Å². The molecule has 2 N–H and O–H groups in total. The first kappa shape index (κ1) is 15.4. The summed E-state index contributed by atoms with van der Waals surface area (Å²) in [6.45, 7) is 3.49. The number of carbonyl (C=O) groups is 1. The molecule has 1 unspecified atom stereocenters. The number of amides is 2. The van der Waals surface area contributed by atoms with Crippen LogP contribution in [0.1, 0.15) is 24.1 Å². The van der Waals surface area contributed by atoms with Gasteiger partial charge in [0.25, 0.3) is 5.69 Å². The quantitative estimate of drug-likeness (QED) is 0.669. The molecule has 2 aromatic rings. The van der Waals surface area contributed by atoms with Crippen molar-refractivity contribution in [3.05, 3.63) is 64.0 Å². The van der Waals surface area contributed by atoms with Crippen LogP contribution in [0.3, 0.4) is 0 Å². The van der Waals surface area contributed by atoms with Crippen molar-refractivity contribution in [1.82, 2.24) is 10.3 Å². The number of aromatic nitrogens is 1. The number of urea groups is 1. The second-order valence-corrected chi connectivity index (χ2v) is 4.86. The van der Waals surface area contributed by atoms with Crippen LogP contribution in [0.2, 0.25) is 0 Å². The Morgan fingerprint density at radius 3 is 2.59 bits per heavy atom. The highest BCUT2D eigenvalue weighted by molar-refractivity contribution is 5.90. The summed E-state index contributed by atoms with van der Waals surface area (Å²) in [5, 5.41) is 16.2. The monoisotopic (exact) mass is 300 g/mol. The second-order valence-electron chi connectivity index (χ2n) is 4.86. The van der Waals surface area contributed by atoms with E-state index in [4.69, 9.17) is 0 Å². The van der Waals surface area contributed by atoms with Crippen LogP contribution in [0, 0.1) is 17.0 Å². The fourth-order valence-corrected chi connectivity index (χ4v) is 1.98. The van der Waals surface area contributed by atoms with Crippen LogP contribution in [0.15, 0.2) is 42.7 Å². The van der Waals surface area contributed by atoms with Gasteiger partial charge in [-0.05, 0) is 37.6 Å². The van der Waals surface area contributed by atoms with E-state index in [1.54, 1.807) is 31.5 Å². The zero-order valence-corrected chi connectivity index (χ0v) is 12.2. The normalized spacial score (nSPS) is 11.5. The van der Waals surface area contributed by atoms with Gasteiger partial charge < -0.3 is 10.6 Å². The third-order valence-electron chi connectivity index (χ3n) is 3.22. The fourth-order valence-electron chi connectivity index (χ4n) is 1.98. The lowest BCUT2D eigenvalue weighted by molar-refractivity contribution is -0.385. The zero-order chi connectivity index (χ0) is 16.1. The molecule has 0 saturated heterocycles. The van der Waals surface area contributed by atoms with E-state index in [1.807, 2.05) is 19.1 Å². The molecule has 7 nitrogen and oxygen atoms in total. The summed E-state index contributed by atoms with van der Waals surface area (Å²) in [4.78, 5) is 26.3. The number of hydrogen-bond donors (Lipinski definition) is 2. The Kier molecular flexibility index (Phi) is 4.67. The predicted octanol–water partition coefficient (Wildman–Crippen LogP) is 3.18. The number of aryl methyl sites for hydroxylation is 1. The standard InChI is InChI=1S/C15H16N4O3/c1-10-3-4-13(9-14(10)19(21)22)18-15(20)17-11(2)12-5-7-16-8-6-12/h3-9,11H,1-2H3,(H2,17,18,20). The van der Waals surface area contributed by atoms with Crippen LogP contribution in [0.25, 0.3) is 0 Å². The molecule has 114 valence electrons. The van der Waals surface area contributed by atoms with Crippen molar-refractivity contribution in [3.63, 3.8) is 0 Å². The summed E-state index contributed by atoms with van der Waals surface area (Å²) < 4.78 is 0. The van der Waals surface area contributed by atoms with E-state index < -0.39 is 11.0 Å². The number of carbonyl (C=O) groups excluding carboxylic acids is 1. The van der Waals surface area contributed by atoms with Gasteiger partial charge >= 0.3 is 6.03 Å². The Morgan fingerprint density at radius 2 is 1.95 bits per heavy atom. The average molecular weight is 300 g/mol. The van der Waals surface area contributed by atoms with Gasteiger partial charge in [0.05, 0.1) is 11.0 Å². The summed E-state index contributed by atoms with van der Waals surface area (Å²) in [6.07, 6.45) is 3.30. The number of nitrogens with zero attached hydrogens (tertiary/aromatic N) is 2. The minimum atomic E-state index is -0.474. The molecule has 1 atom stereocenters. The molecule has 22 heavy (non-hydrogen) atoms. The van der Waals surface area contributed by atoms with Gasteiger partial charge in [0.2, 0.25) is 0 Å². The molecule has 2 amide bonds. The molecule has 0 bridgehead atoms. The second kappa shape index (κ2) is 6.66. The molecule has 0 radical (unpaired) electrons. The summed E-state index contributed by atoms with van der Waals surface area (Å²) in [5.41, 5.74) is 1.80. The van der Waals surface area contributed by atoms with Gasteiger partial charge in [-0.15, -0.1) is 0 Å². The molecule has 0 fully saturated rings. The van der Waals surface area contributed by atoms with Crippen LogP contribution < -0.4 is 10.6 Å². The summed E-state index contributed by atoms with van der Waals surface area (Å²) in [7, 11) is 0. The van der Waals surface area contributed by atoms with E-state index in [0.717, 1.165) is 5.56 Å². The maximum atomic E-state index is 12.0. The number of rotatable bonds is 4. The summed E-state index contributed by atoms with van der Waals surface area (Å²) >= 11 is 0. The highest BCUT2D eigenvalue weighted by atomic mass is 16.6. The number of nitro benzene ring substituents is 1. The molecular formula is C15H16N4O3. The van der Waals surface area contributed by atoms with Crippen LogP contribution >= 0.6 is 0 Å². The van der Waals surface area contributed by atoms with Gasteiger partial charge in [0.1, 0.15) is 0 Å². The van der Waals surface area contributed by atoms with E-state index in [9.17, 15) is 14.9 Å². The zero-order valence-electron chi connectivity index (χ0n) is 12.2. The fraction of sp³-hybridized carbons (Fsp3) is 0.200. The lowest BCUT2D eigenvalue weighted by atomic mass is 10.1. The number of nitro groups is 1. The first-order valence-electron chi connectivity index (χ1n) is 6.70. The molecule has 0 aliphatic rings. The van der Waals surface area contributed by atoms with Crippen molar-refractivity contribution in [2.45, 2.75) is 19.9 Å². The van der Waals surface area contributed by atoms with Gasteiger partial charge in [0, 0.05) is 29.7 Å². The first-order valence-corrected chi connectivity index (χ1v) is 6.70. The third kappa shape index (κ3) is 3.78. The number of pyridine rings is 1. The Bertz CT molecular complexity index is 688. The Labute approximate surface area is 127 Å². The molecule has 0 spiro atoms. The molecule has 0 saturated carbocycles. The Balaban J connectivity index is 2.03. The minimum absolute atomic E-state index is 0.0278. The van der Waals surface area contributed by atoms with Crippen molar-refractivity contribution in [3.8, 4) is 0 Å². The highest BCUT2D eigenvalue weighted by Gasteiger charge is 2.13. The van der Waals surface area contributed by atoms with E-state index in [2.05, 4.69) is 15.6 Å². The molecule has 0 aliphatic carbocycles. The molecule has 7 heteroatoms. The van der Waals surface area contributed by atoms with Crippen molar-refractivity contribution >= 4 is 17.4 Å². The molecular weight excluding hydrogens is 284 g/mol. The maximum absolute atomic E-state index is 12.0. The molecule has 1 heterocycles. The Hall–Kier alpha value is -2.96.